The van der Waals surface area contributed by atoms with Gasteiger partial charge in [0.1, 0.15) is 0 Å². The van der Waals surface area contributed by atoms with E-state index in [1.54, 1.807) is 0 Å². The maximum Gasteiger partial charge on any atom is 0.224 e. The second kappa shape index (κ2) is 2.76. The van der Waals surface area contributed by atoms with Crippen LogP contribution in [0.4, 0.5) is 0 Å². The van der Waals surface area contributed by atoms with E-state index >= 15 is 0 Å². The Morgan fingerprint density at radius 1 is 1.36 bits per heavy atom. The van der Waals surface area contributed by atoms with Crippen molar-refractivity contribution in [3.8, 4) is 12.3 Å². The van der Waals surface area contributed by atoms with Crippen molar-refractivity contribution >= 4 is 5.91 Å². The molecule has 2 nitrogen and oxygen atoms in total. The lowest BCUT2D eigenvalue weighted by Crippen LogP contribution is -2.27. The zero-order valence-electron chi connectivity index (χ0n) is 8.20. The molecular formula is C12H15NO. The molecule has 4 atom stereocenters. The molecule has 4 unspecified atom stereocenters. The van der Waals surface area contributed by atoms with E-state index in [0.717, 1.165) is 23.7 Å². The number of carbonyl (C=O) groups is 1. The van der Waals surface area contributed by atoms with Gasteiger partial charge < -0.3 is 5.32 Å². The van der Waals surface area contributed by atoms with Crippen LogP contribution in [-0.4, -0.2) is 12.5 Å². The van der Waals surface area contributed by atoms with Gasteiger partial charge in [0, 0.05) is 5.92 Å². The summed E-state index contributed by atoms with van der Waals surface area (Å²) < 4.78 is 0. The number of hydrogen-bond donors (Lipinski definition) is 1. The van der Waals surface area contributed by atoms with E-state index < -0.39 is 0 Å². The largest absolute Gasteiger partial charge is 0.345 e. The SMILES string of the molecule is C#CCNC(=O)C1C2C3CCC(C3)C12. The van der Waals surface area contributed by atoms with Crippen molar-refractivity contribution in [2.45, 2.75) is 19.3 Å². The third kappa shape index (κ3) is 0.958. The van der Waals surface area contributed by atoms with Crippen LogP contribution in [0, 0.1) is 41.9 Å². The summed E-state index contributed by atoms with van der Waals surface area (Å²) in [6.45, 7) is 0.393. The molecule has 0 aromatic carbocycles. The predicted molar refractivity (Wildman–Crippen MR) is 53.1 cm³/mol. The Morgan fingerprint density at radius 3 is 2.57 bits per heavy atom. The Hall–Kier alpha value is -0.970. The maximum atomic E-state index is 11.7. The number of fused-ring (bicyclic) bond motifs is 5. The molecule has 0 aromatic rings. The maximum absolute atomic E-state index is 11.7. The molecule has 1 N–H and O–H groups in total. The zero-order chi connectivity index (χ0) is 9.71. The normalized spacial score (nSPS) is 46.9. The first-order valence-corrected chi connectivity index (χ1v) is 5.54. The number of nitrogens with one attached hydrogen (secondary N) is 1. The second-order valence-corrected chi connectivity index (χ2v) is 4.94. The van der Waals surface area contributed by atoms with Crippen molar-refractivity contribution in [2.24, 2.45) is 29.6 Å². The average molecular weight is 189 g/mol. The van der Waals surface area contributed by atoms with Crippen LogP contribution in [0.15, 0.2) is 0 Å². The van der Waals surface area contributed by atoms with E-state index in [1.807, 2.05) is 0 Å². The lowest BCUT2D eigenvalue weighted by atomic mass is 10.0. The molecule has 0 aromatic heterocycles. The van der Waals surface area contributed by atoms with Gasteiger partial charge in [-0.15, -0.1) is 6.42 Å². The van der Waals surface area contributed by atoms with E-state index in [9.17, 15) is 4.79 Å². The van der Waals surface area contributed by atoms with E-state index in [1.165, 1.54) is 19.3 Å². The molecule has 3 rings (SSSR count). The van der Waals surface area contributed by atoms with Crippen LogP contribution < -0.4 is 5.32 Å². The van der Waals surface area contributed by atoms with Crippen molar-refractivity contribution in [1.82, 2.24) is 5.32 Å². The van der Waals surface area contributed by atoms with Gasteiger partial charge >= 0.3 is 0 Å². The smallest absolute Gasteiger partial charge is 0.224 e. The summed E-state index contributed by atoms with van der Waals surface area (Å²) in [4.78, 5) is 11.7. The van der Waals surface area contributed by atoms with Crippen LogP contribution in [0.1, 0.15) is 19.3 Å². The van der Waals surface area contributed by atoms with Crippen molar-refractivity contribution in [1.29, 1.82) is 0 Å². The molecule has 2 heteroatoms. The van der Waals surface area contributed by atoms with Gasteiger partial charge in [-0.25, -0.2) is 0 Å². The lowest BCUT2D eigenvalue weighted by Gasteiger charge is -2.07. The van der Waals surface area contributed by atoms with Crippen molar-refractivity contribution in [3.05, 3.63) is 0 Å². The summed E-state index contributed by atoms with van der Waals surface area (Å²) in [7, 11) is 0. The first kappa shape index (κ1) is 8.35. The molecular weight excluding hydrogens is 174 g/mol. The number of amides is 1. The fourth-order valence-corrected chi connectivity index (χ4v) is 3.93. The molecule has 3 aliphatic carbocycles. The highest BCUT2D eigenvalue weighted by Crippen LogP contribution is 2.69. The molecule has 74 valence electrons. The van der Waals surface area contributed by atoms with Gasteiger partial charge in [-0.1, -0.05) is 5.92 Å². The first-order valence-electron chi connectivity index (χ1n) is 5.54. The molecule has 14 heavy (non-hydrogen) atoms. The van der Waals surface area contributed by atoms with E-state index in [2.05, 4.69) is 11.2 Å². The van der Waals surface area contributed by atoms with Crippen molar-refractivity contribution in [2.75, 3.05) is 6.54 Å². The van der Waals surface area contributed by atoms with Crippen molar-refractivity contribution < 1.29 is 4.79 Å². The summed E-state index contributed by atoms with van der Waals surface area (Å²) in [5.41, 5.74) is 0. The van der Waals surface area contributed by atoms with Crippen molar-refractivity contribution in [3.63, 3.8) is 0 Å². The highest BCUT2D eigenvalue weighted by molar-refractivity contribution is 5.83. The topological polar surface area (TPSA) is 29.1 Å². The fourth-order valence-electron chi connectivity index (χ4n) is 3.93. The minimum absolute atomic E-state index is 0.217. The van der Waals surface area contributed by atoms with Gasteiger partial charge in [0.25, 0.3) is 0 Å². The number of rotatable bonds is 2. The Balaban J connectivity index is 1.63. The van der Waals surface area contributed by atoms with E-state index in [0.29, 0.717) is 12.5 Å². The highest BCUT2D eigenvalue weighted by atomic mass is 16.2. The van der Waals surface area contributed by atoms with Crippen LogP contribution in [0.25, 0.3) is 0 Å². The summed E-state index contributed by atoms with van der Waals surface area (Å²) in [5, 5.41) is 2.82. The number of carbonyl (C=O) groups excluding carboxylic acids is 1. The summed E-state index contributed by atoms with van der Waals surface area (Å²) in [6, 6.07) is 0. The van der Waals surface area contributed by atoms with Gasteiger partial charge in [-0.3, -0.25) is 4.79 Å². The molecule has 0 radical (unpaired) electrons. The van der Waals surface area contributed by atoms with Crippen LogP contribution >= 0.6 is 0 Å². The Bertz CT molecular complexity index is 301. The van der Waals surface area contributed by atoms with Crippen LogP contribution in [0.2, 0.25) is 0 Å². The quantitative estimate of drug-likeness (QED) is 0.646. The van der Waals surface area contributed by atoms with Gasteiger partial charge in [0.15, 0.2) is 0 Å². The molecule has 0 aliphatic heterocycles. The van der Waals surface area contributed by atoms with Gasteiger partial charge in [0.05, 0.1) is 6.54 Å². The molecule has 1 amide bonds. The Labute approximate surface area is 84.4 Å². The Morgan fingerprint density at radius 2 is 2.00 bits per heavy atom. The minimum Gasteiger partial charge on any atom is -0.345 e. The predicted octanol–water partition coefficient (Wildman–Crippen LogP) is 1.03. The third-order valence-corrected chi connectivity index (χ3v) is 4.40. The molecule has 0 spiro atoms. The first-order chi connectivity index (χ1) is 6.83. The monoisotopic (exact) mass is 189 g/mol. The fraction of sp³-hybridized carbons (Fsp3) is 0.750. The number of terminal acetylenes is 1. The summed E-state index contributed by atoms with van der Waals surface area (Å²) >= 11 is 0. The molecule has 3 aliphatic rings. The standard InChI is InChI=1S/C12H15NO/c1-2-5-13-12(14)11-9-7-3-4-8(6-7)10(9)11/h1,7-11H,3-6H2,(H,13,14). The number of hydrogen-bond acceptors (Lipinski definition) is 1. The van der Waals surface area contributed by atoms with Crippen LogP contribution in [0.3, 0.4) is 0 Å². The lowest BCUT2D eigenvalue weighted by molar-refractivity contribution is -0.123. The molecule has 0 saturated heterocycles. The molecule has 3 fully saturated rings. The summed E-state index contributed by atoms with van der Waals surface area (Å²) in [6.07, 6.45) is 9.24. The van der Waals surface area contributed by atoms with Crippen LogP contribution in [-0.2, 0) is 4.79 Å². The molecule has 0 heterocycles. The third-order valence-electron chi connectivity index (χ3n) is 4.40. The molecule has 2 bridgehead atoms. The van der Waals surface area contributed by atoms with Gasteiger partial charge in [-0.05, 0) is 42.9 Å². The highest BCUT2D eigenvalue weighted by Gasteiger charge is 2.67. The summed E-state index contributed by atoms with van der Waals surface area (Å²) in [5.74, 6) is 6.19. The second-order valence-electron chi connectivity index (χ2n) is 4.94. The average Bonchev–Trinajstić information content (AvgIpc) is 2.64. The zero-order valence-corrected chi connectivity index (χ0v) is 8.20. The molecule has 3 saturated carbocycles. The van der Waals surface area contributed by atoms with Crippen LogP contribution in [0.5, 0.6) is 0 Å². The van der Waals surface area contributed by atoms with Gasteiger partial charge in [-0.2, -0.15) is 0 Å². The van der Waals surface area contributed by atoms with E-state index in [4.69, 9.17) is 6.42 Å². The Kier molecular flexibility index (Phi) is 1.65. The van der Waals surface area contributed by atoms with Gasteiger partial charge in [0.2, 0.25) is 5.91 Å². The minimum atomic E-state index is 0.217. The van der Waals surface area contributed by atoms with E-state index in [-0.39, 0.29) is 5.91 Å².